The van der Waals surface area contributed by atoms with Crippen LogP contribution in [0.25, 0.3) is 0 Å². The van der Waals surface area contributed by atoms with E-state index in [-0.39, 0.29) is 0 Å². The molecule has 2 nitrogen and oxygen atoms in total. The fourth-order valence-electron chi connectivity index (χ4n) is 3.22. The molecule has 0 radical (unpaired) electrons. The minimum atomic E-state index is 0.733. The third-order valence-corrected chi connectivity index (χ3v) is 4.37. The molecule has 2 heteroatoms. The molecule has 0 aromatic carbocycles. The Kier molecular flexibility index (Phi) is 11.6. The van der Waals surface area contributed by atoms with Gasteiger partial charge in [-0.25, -0.2) is 0 Å². The van der Waals surface area contributed by atoms with Gasteiger partial charge in [-0.2, -0.15) is 0 Å². The van der Waals surface area contributed by atoms with Gasteiger partial charge in [0.15, 0.2) is 0 Å². The molecular weight excluding hydrogens is 268 g/mol. The van der Waals surface area contributed by atoms with Gasteiger partial charge in [0.05, 0.1) is 0 Å². The summed E-state index contributed by atoms with van der Waals surface area (Å²) in [4.78, 5) is 0. The van der Waals surface area contributed by atoms with Crippen LogP contribution in [0, 0.1) is 17.8 Å². The van der Waals surface area contributed by atoms with E-state index in [4.69, 9.17) is 0 Å². The Hall–Kier alpha value is -0.600. The fourth-order valence-corrected chi connectivity index (χ4v) is 3.22. The second-order valence-electron chi connectivity index (χ2n) is 6.81. The molecule has 22 heavy (non-hydrogen) atoms. The first-order chi connectivity index (χ1) is 10.4. The molecule has 2 N–H and O–H groups in total. The largest absolute Gasteiger partial charge is 0.313 e. The molecule has 0 bridgehead atoms. The van der Waals surface area contributed by atoms with Crippen LogP contribution in [-0.4, -0.2) is 26.2 Å². The van der Waals surface area contributed by atoms with Gasteiger partial charge >= 0.3 is 0 Å². The monoisotopic (exact) mass is 308 g/mol. The second-order valence-corrected chi connectivity index (χ2v) is 6.81. The van der Waals surface area contributed by atoms with Gasteiger partial charge in [0, 0.05) is 19.6 Å². The van der Waals surface area contributed by atoms with E-state index in [1.165, 1.54) is 13.0 Å². The zero-order valence-corrected chi connectivity index (χ0v) is 16.3. The molecule has 2 aliphatic heterocycles. The molecule has 0 aromatic heterocycles. The van der Waals surface area contributed by atoms with E-state index in [2.05, 4.69) is 58.3 Å². The van der Waals surface area contributed by atoms with Crippen molar-refractivity contribution in [3.05, 3.63) is 22.8 Å². The molecule has 0 saturated heterocycles. The smallest absolute Gasteiger partial charge is 0.0164 e. The Morgan fingerprint density at radius 3 is 2.05 bits per heavy atom. The van der Waals surface area contributed by atoms with Crippen molar-refractivity contribution in [2.45, 2.75) is 61.8 Å². The maximum atomic E-state index is 3.36. The number of hydrogen-bond acceptors (Lipinski definition) is 2. The van der Waals surface area contributed by atoms with Crippen molar-refractivity contribution in [3.8, 4) is 0 Å². The molecule has 2 rings (SSSR count). The average Bonchev–Trinajstić information content (AvgIpc) is 2.50. The highest BCUT2D eigenvalue weighted by Crippen LogP contribution is 2.21. The average molecular weight is 309 g/mol. The first kappa shape index (κ1) is 21.4. The molecule has 0 spiro atoms. The highest BCUT2D eigenvalue weighted by Gasteiger charge is 2.14. The third-order valence-electron chi connectivity index (χ3n) is 4.37. The Balaban J connectivity index is 0.000000360. The zero-order valence-electron chi connectivity index (χ0n) is 16.3. The summed E-state index contributed by atoms with van der Waals surface area (Å²) in [5, 5.41) is 6.70. The summed E-state index contributed by atoms with van der Waals surface area (Å²) in [7, 11) is 0. The van der Waals surface area contributed by atoms with Crippen LogP contribution < -0.4 is 10.6 Å². The van der Waals surface area contributed by atoms with Gasteiger partial charge in [0.1, 0.15) is 0 Å². The molecule has 0 saturated carbocycles. The third kappa shape index (κ3) is 7.60. The van der Waals surface area contributed by atoms with Gasteiger partial charge in [0.25, 0.3) is 0 Å². The summed E-state index contributed by atoms with van der Waals surface area (Å²) < 4.78 is 0. The van der Waals surface area contributed by atoms with Crippen LogP contribution in [0.4, 0.5) is 0 Å². The highest BCUT2D eigenvalue weighted by molar-refractivity contribution is 5.18. The summed E-state index contributed by atoms with van der Waals surface area (Å²) in [6, 6.07) is 0. The lowest BCUT2D eigenvalue weighted by atomic mass is 9.89. The quantitative estimate of drug-likeness (QED) is 0.717. The van der Waals surface area contributed by atoms with Crippen LogP contribution in [0.2, 0.25) is 0 Å². The van der Waals surface area contributed by atoms with Crippen LogP contribution in [0.1, 0.15) is 61.8 Å². The molecule has 1 atom stereocenters. The fraction of sp³-hybridized carbons (Fsp3) is 0.800. The minimum Gasteiger partial charge on any atom is -0.313 e. The lowest BCUT2D eigenvalue weighted by molar-refractivity contribution is 0.512. The number of hydrogen-bond donors (Lipinski definition) is 2. The SMILES string of the molecule is CC.CC(C)C1=CCNCC1C.CC1=C(C(C)C)CCNC1. The zero-order chi connectivity index (χ0) is 17.1. The topological polar surface area (TPSA) is 24.1 Å². The van der Waals surface area contributed by atoms with Crippen LogP contribution in [0.3, 0.4) is 0 Å². The van der Waals surface area contributed by atoms with Gasteiger partial charge in [-0.3, -0.25) is 0 Å². The standard InChI is InChI=1S/2C9H17N.C2H6/c2*1-7(2)9-4-5-10-6-8(9)3;1-2/h7,10H,4-6H2,1-3H3;4,7-8,10H,5-6H2,1-3H3;1-2H3. The first-order valence-corrected chi connectivity index (χ1v) is 9.23. The highest BCUT2D eigenvalue weighted by atomic mass is 14.9. The predicted molar refractivity (Wildman–Crippen MR) is 101 cm³/mol. The maximum Gasteiger partial charge on any atom is 0.0164 e. The van der Waals surface area contributed by atoms with Crippen molar-refractivity contribution in [2.75, 3.05) is 26.2 Å². The maximum absolute atomic E-state index is 3.36. The summed E-state index contributed by atoms with van der Waals surface area (Å²) in [6.07, 6.45) is 3.59. The molecule has 2 heterocycles. The molecule has 0 amide bonds. The van der Waals surface area contributed by atoms with Crippen LogP contribution >= 0.6 is 0 Å². The van der Waals surface area contributed by atoms with E-state index in [1.54, 1.807) is 16.7 Å². The lowest BCUT2D eigenvalue weighted by Crippen LogP contribution is -2.29. The van der Waals surface area contributed by atoms with Gasteiger partial charge in [0.2, 0.25) is 0 Å². The van der Waals surface area contributed by atoms with Crippen LogP contribution in [0.5, 0.6) is 0 Å². The Labute approximate surface area is 139 Å². The first-order valence-electron chi connectivity index (χ1n) is 9.23. The van der Waals surface area contributed by atoms with Crippen LogP contribution in [-0.2, 0) is 0 Å². The van der Waals surface area contributed by atoms with Gasteiger partial charge in [-0.05, 0) is 37.6 Å². The molecule has 0 aromatic rings. The molecule has 0 fully saturated rings. The van der Waals surface area contributed by atoms with Gasteiger partial charge < -0.3 is 10.6 Å². The van der Waals surface area contributed by atoms with Crippen LogP contribution in [0.15, 0.2) is 22.8 Å². The van der Waals surface area contributed by atoms with Gasteiger partial charge in [-0.1, -0.05) is 71.3 Å². The Morgan fingerprint density at radius 2 is 1.68 bits per heavy atom. The van der Waals surface area contributed by atoms with Crippen molar-refractivity contribution in [1.29, 1.82) is 0 Å². The summed E-state index contributed by atoms with van der Waals surface area (Å²) in [6.45, 7) is 22.1. The van der Waals surface area contributed by atoms with Crippen molar-refractivity contribution >= 4 is 0 Å². The summed E-state index contributed by atoms with van der Waals surface area (Å²) in [5.74, 6) is 2.23. The van der Waals surface area contributed by atoms with E-state index >= 15 is 0 Å². The molecule has 0 aliphatic carbocycles. The van der Waals surface area contributed by atoms with E-state index in [9.17, 15) is 0 Å². The van der Waals surface area contributed by atoms with E-state index in [0.29, 0.717) is 0 Å². The normalized spacial score (nSPS) is 21.7. The van der Waals surface area contributed by atoms with Crippen molar-refractivity contribution in [3.63, 3.8) is 0 Å². The number of rotatable bonds is 2. The van der Waals surface area contributed by atoms with Crippen molar-refractivity contribution in [2.24, 2.45) is 17.8 Å². The van der Waals surface area contributed by atoms with E-state index in [0.717, 1.165) is 37.4 Å². The Bertz CT molecular complexity index is 351. The molecule has 130 valence electrons. The predicted octanol–water partition coefficient (Wildman–Crippen LogP) is 4.79. The van der Waals surface area contributed by atoms with E-state index < -0.39 is 0 Å². The summed E-state index contributed by atoms with van der Waals surface area (Å²) >= 11 is 0. The van der Waals surface area contributed by atoms with E-state index in [1.807, 2.05) is 13.8 Å². The number of nitrogens with one attached hydrogen (secondary N) is 2. The second kappa shape index (κ2) is 11.9. The van der Waals surface area contributed by atoms with Gasteiger partial charge in [-0.15, -0.1) is 0 Å². The lowest BCUT2D eigenvalue weighted by Gasteiger charge is -2.24. The molecule has 2 aliphatic rings. The van der Waals surface area contributed by atoms with Crippen molar-refractivity contribution < 1.29 is 0 Å². The van der Waals surface area contributed by atoms with Crippen molar-refractivity contribution in [1.82, 2.24) is 10.6 Å². The Morgan fingerprint density at radius 1 is 1.05 bits per heavy atom. The molecular formula is C20H40N2. The summed E-state index contributed by atoms with van der Waals surface area (Å²) in [5.41, 5.74) is 4.85. The minimum absolute atomic E-state index is 0.733. The molecule has 1 unspecified atom stereocenters.